The van der Waals surface area contributed by atoms with Gasteiger partial charge in [0.15, 0.2) is 5.78 Å². The van der Waals surface area contributed by atoms with E-state index in [0.29, 0.717) is 6.61 Å². The molecule has 124 valence electrons. The number of benzene rings is 1. The molecule has 23 heavy (non-hydrogen) atoms. The van der Waals surface area contributed by atoms with Gasteiger partial charge in [-0.1, -0.05) is 43.7 Å². The molecule has 2 rings (SSSR count). The van der Waals surface area contributed by atoms with E-state index in [9.17, 15) is 14.4 Å². The lowest BCUT2D eigenvalue weighted by Crippen LogP contribution is -2.41. The summed E-state index contributed by atoms with van der Waals surface area (Å²) in [4.78, 5) is 37.0. The third kappa shape index (κ3) is 4.81. The third-order valence-corrected chi connectivity index (χ3v) is 3.60. The van der Waals surface area contributed by atoms with Crippen LogP contribution in [0.2, 0.25) is 0 Å². The molecule has 0 spiro atoms. The molecule has 0 aromatic heterocycles. The van der Waals surface area contributed by atoms with Gasteiger partial charge in [-0.05, 0) is 12.0 Å². The van der Waals surface area contributed by atoms with Crippen LogP contribution in [0.25, 0.3) is 0 Å². The van der Waals surface area contributed by atoms with Crippen LogP contribution in [-0.2, 0) is 25.7 Å². The van der Waals surface area contributed by atoms with E-state index < -0.39 is 18.1 Å². The molecule has 6 heteroatoms. The maximum Gasteiger partial charge on any atom is 0.411 e. The van der Waals surface area contributed by atoms with Crippen LogP contribution < -0.4 is 0 Å². The van der Waals surface area contributed by atoms with E-state index in [-0.39, 0.29) is 25.4 Å². The number of amides is 1. The van der Waals surface area contributed by atoms with Crippen molar-refractivity contribution in [3.05, 3.63) is 35.9 Å². The second kappa shape index (κ2) is 8.31. The number of likely N-dealkylation sites (tertiary alicyclic amines) is 1. The molecule has 0 bridgehead atoms. The second-order valence-corrected chi connectivity index (χ2v) is 5.45. The summed E-state index contributed by atoms with van der Waals surface area (Å²) in [6.07, 6.45) is 0.979. The lowest BCUT2D eigenvalue weighted by atomic mass is 10.2. The number of carbonyl (C=O) groups is 3. The SMILES string of the molecule is CCCCOC(=O)[C@@H]1CC(=O)CN1C(=O)OCc1ccccc1. The van der Waals surface area contributed by atoms with Gasteiger partial charge in [-0.25, -0.2) is 9.59 Å². The predicted molar refractivity (Wildman–Crippen MR) is 82.6 cm³/mol. The molecule has 0 unspecified atom stereocenters. The third-order valence-electron chi connectivity index (χ3n) is 3.60. The predicted octanol–water partition coefficient (Wildman–Crippen LogP) is 2.31. The Morgan fingerprint density at radius 1 is 1.22 bits per heavy atom. The standard InChI is InChI=1S/C17H21NO5/c1-2-3-9-22-16(20)15-10-14(19)11-18(15)17(21)23-12-13-7-5-4-6-8-13/h4-8,15H,2-3,9-12H2,1H3/t15-/m0/s1. The van der Waals surface area contributed by atoms with Gasteiger partial charge in [-0.2, -0.15) is 0 Å². The molecule has 0 aliphatic carbocycles. The fourth-order valence-corrected chi connectivity index (χ4v) is 2.31. The highest BCUT2D eigenvalue weighted by Crippen LogP contribution is 2.18. The maximum absolute atomic E-state index is 12.2. The van der Waals surface area contributed by atoms with Crippen molar-refractivity contribution < 1.29 is 23.9 Å². The van der Waals surface area contributed by atoms with Crippen LogP contribution in [0.4, 0.5) is 4.79 Å². The Morgan fingerprint density at radius 2 is 1.96 bits per heavy atom. The number of Topliss-reactive ketones (excluding diaryl/α,β-unsaturated/α-hetero) is 1. The van der Waals surface area contributed by atoms with Crippen LogP contribution in [0.5, 0.6) is 0 Å². The van der Waals surface area contributed by atoms with Crippen molar-refractivity contribution in [2.24, 2.45) is 0 Å². The molecule has 0 radical (unpaired) electrons. The van der Waals surface area contributed by atoms with Crippen LogP contribution in [0, 0.1) is 0 Å². The van der Waals surface area contributed by atoms with Crippen LogP contribution >= 0.6 is 0 Å². The molecule has 1 aromatic rings. The number of unbranched alkanes of at least 4 members (excludes halogenated alkanes) is 1. The Labute approximate surface area is 135 Å². The van der Waals surface area contributed by atoms with E-state index in [1.54, 1.807) is 0 Å². The molecule has 6 nitrogen and oxygen atoms in total. The average Bonchev–Trinajstić information content (AvgIpc) is 2.96. The Kier molecular flexibility index (Phi) is 6.14. The van der Waals surface area contributed by atoms with E-state index in [0.717, 1.165) is 23.3 Å². The number of rotatable bonds is 6. The minimum atomic E-state index is -0.873. The van der Waals surface area contributed by atoms with Gasteiger partial charge in [0.1, 0.15) is 12.6 Å². The smallest absolute Gasteiger partial charge is 0.411 e. The van der Waals surface area contributed by atoms with Crippen molar-refractivity contribution in [1.29, 1.82) is 0 Å². The van der Waals surface area contributed by atoms with Crippen molar-refractivity contribution in [2.75, 3.05) is 13.2 Å². The monoisotopic (exact) mass is 319 g/mol. The van der Waals surface area contributed by atoms with E-state index in [1.165, 1.54) is 0 Å². The Balaban J connectivity index is 1.91. The summed E-state index contributed by atoms with van der Waals surface area (Å²) in [7, 11) is 0. The van der Waals surface area contributed by atoms with Crippen molar-refractivity contribution in [3.8, 4) is 0 Å². The fraction of sp³-hybridized carbons (Fsp3) is 0.471. The van der Waals surface area contributed by atoms with Gasteiger partial charge in [0.25, 0.3) is 0 Å². The van der Waals surface area contributed by atoms with Gasteiger partial charge in [-0.15, -0.1) is 0 Å². The Morgan fingerprint density at radius 3 is 2.65 bits per heavy atom. The molecule has 1 aliphatic rings. The molecule has 1 saturated heterocycles. The normalized spacial score (nSPS) is 17.2. The van der Waals surface area contributed by atoms with Crippen LogP contribution in [0.15, 0.2) is 30.3 Å². The van der Waals surface area contributed by atoms with Crippen LogP contribution in [-0.4, -0.2) is 41.9 Å². The summed E-state index contributed by atoms with van der Waals surface area (Å²) in [6.45, 7) is 2.27. The number of ketones is 1. The first-order valence-corrected chi connectivity index (χ1v) is 7.77. The summed E-state index contributed by atoms with van der Waals surface area (Å²) >= 11 is 0. The largest absolute Gasteiger partial charge is 0.464 e. The van der Waals surface area contributed by atoms with Gasteiger partial charge in [-0.3, -0.25) is 9.69 Å². The van der Waals surface area contributed by atoms with Crippen molar-refractivity contribution in [2.45, 2.75) is 38.8 Å². The average molecular weight is 319 g/mol. The zero-order valence-electron chi connectivity index (χ0n) is 13.2. The van der Waals surface area contributed by atoms with E-state index in [1.807, 2.05) is 37.3 Å². The minimum Gasteiger partial charge on any atom is -0.464 e. The van der Waals surface area contributed by atoms with Gasteiger partial charge in [0.2, 0.25) is 0 Å². The second-order valence-electron chi connectivity index (χ2n) is 5.45. The molecule has 1 aromatic carbocycles. The molecule has 1 heterocycles. The molecule has 1 amide bonds. The summed E-state index contributed by atoms with van der Waals surface area (Å²) in [5, 5.41) is 0. The van der Waals surface area contributed by atoms with E-state index in [4.69, 9.17) is 9.47 Å². The van der Waals surface area contributed by atoms with Gasteiger partial charge in [0.05, 0.1) is 13.2 Å². The highest BCUT2D eigenvalue weighted by molar-refractivity contribution is 5.95. The topological polar surface area (TPSA) is 72.9 Å². The summed E-state index contributed by atoms with van der Waals surface area (Å²) in [6, 6.07) is 8.35. The quantitative estimate of drug-likeness (QED) is 0.594. The molecule has 1 aliphatic heterocycles. The number of hydrogen-bond acceptors (Lipinski definition) is 5. The molecular formula is C17H21NO5. The molecule has 0 saturated carbocycles. The number of carbonyl (C=O) groups excluding carboxylic acids is 3. The number of ether oxygens (including phenoxy) is 2. The summed E-state index contributed by atoms with van der Waals surface area (Å²) < 4.78 is 10.3. The zero-order valence-corrected chi connectivity index (χ0v) is 13.2. The maximum atomic E-state index is 12.2. The highest BCUT2D eigenvalue weighted by atomic mass is 16.6. The van der Waals surface area contributed by atoms with Crippen molar-refractivity contribution >= 4 is 17.8 Å². The van der Waals surface area contributed by atoms with Crippen LogP contribution in [0.3, 0.4) is 0 Å². The molecule has 1 fully saturated rings. The first-order chi connectivity index (χ1) is 11.1. The minimum absolute atomic E-state index is 0.00854. The first-order valence-electron chi connectivity index (χ1n) is 7.77. The lowest BCUT2D eigenvalue weighted by Gasteiger charge is -2.21. The number of hydrogen-bond donors (Lipinski definition) is 0. The summed E-state index contributed by atoms with van der Waals surface area (Å²) in [5.41, 5.74) is 0.841. The summed E-state index contributed by atoms with van der Waals surface area (Å²) in [5.74, 6) is -0.708. The van der Waals surface area contributed by atoms with Crippen LogP contribution in [0.1, 0.15) is 31.7 Å². The molecule has 1 atom stereocenters. The highest BCUT2D eigenvalue weighted by Gasteiger charge is 2.40. The zero-order chi connectivity index (χ0) is 16.7. The van der Waals surface area contributed by atoms with Crippen molar-refractivity contribution in [1.82, 2.24) is 4.90 Å². The fourth-order valence-electron chi connectivity index (χ4n) is 2.31. The van der Waals surface area contributed by atoms with E-state index >= 15 is 0 Å². The first kappa shape index (κ1) is 17.0. The number of nitrogens with zero attached hydrogens (tertiary/aromatic N) is 1. The lowest BCUT2D eigenvalue weighted by molar-refractivity contribution is -0.148. The molecule has 0 N–H and O–H groups in total. The molecular weight excluding hydrogens is 298 g/mol. The number of esters is 1. The van der Waals surface area contributed by atoms with Gasteiger partial charge < -0.3 is 9.47 Å². The Bertz CT molecular complexity index is 557. The van der Waals surface area contributed by atoms with Gasteiger partial charge in [0, 0.05) is 6.42 Å². The van der Waals surface area contributed by atoms with Crippen molar-refractivity contribution in [3.63, 3.8) is 0 Å². The Hall–Kier alpha value is -2.37. The van der Waals surface area contributed by atoms with E-state index in [2.05, 4.69) is 0 Å². The van der Waals surface area contributed by atoms with Gasteiger partial charge >= 0.3 is 12.1 Å².